The van der Waals surface area contributed by atoms with E-state index in [0.29, 0.717) is 17.7 Å². The number of hydrogen-bond donors (Lipinski definition) is 0. The molecule has 1 heterocycles. The highest BCUT2D eigenvalue weighted by atomic mass is 32.2. The van der Waals surface area contributed by atoms with Gasteiger partial charge in [0.2, 0.25) is 0 Å². The Balaban J connectivity index is 1.85. The molecule has 1 aromatic rings. The minimum atomic E-state index is -3.07. The second-order valence-corrected chi connectivity index (χ2v) is 8.56. The molecule has 0 spiro atoms. The van der Waals surface area contributed by atoms with Gasteiger partial charge in [-0.05, 0) is 44.5 Å². The minimum absolute atomic E-state index is 0.0327. The molecule has 1 aliphatic rings. The zero-order valence-corrected chi connectivity index (χ0v) is 15.4. The molecule has 0 radical (unpaired) electrons. The van der Waals surface area contributed by atoms with Crippen LogP contribution in [0.15, 0.2) is 24.3 Å². The molecule has 0 N–H and O–H groups in total. The highest BCUT2D eigenvalue weighted by Gasteiger charge is 2.32. The van der Waals surface area contributed by atoms with Crippen molar-refractivity contribution in [2.75, 3.05) is 25.2 Å². The monoisotopic (exact) mass is 369 g/mol. The van der Waals surface area contributed by atoms with Crippen LogP contribution < -0.4 is 4.74 Å². The van der Waals surface area contributed by atoms with Gasteiger partial charge in [0.15, 0.2) is 16.4 Å². The predicted octanol–water partition coefficient (Wildman–Crippen LogP) is 1.28. The fourth-order valence-electron chi connectivity index (χ4n) is 2.54. The third-order valence-corrected chi connectivity index (χ3v) is 5.69. The molecule has 0 aliphatic carbocycles. The number of ether oxygens (including phenoxy) is 2. The van der Waals surface area contributed by atoms with Gasteiger partial charge in [-0.15, -0.1) is 0 Å². The van der Waals surface area contributed by atoms with Crippen molar-refractivity contribution in [3.05, 3.63) is 29.8 Å². The summed E-state index contributed by atoms with van der Waals surface area (Å²) >= 11 is 0. The van der Waals surface area contributed by atoms with Crippen LogP contribution in [-0.2, 0) is 19.4 Å². The summed E-state index contributed by atoms with van der Waals surface area (Å²) < 4.78 is 33.5. The normalized spacial score (nSPS) is 18.8. The van der Waals surface area contributed by atoms with Gasteiger partial charge in [-0.1, -0.05) is 0 Å². The molecule has 7 nitrogen and oxygen atoms in total. The summed E-state index contributed by atoms with van der Waals surface area (Å²) in [5.41, 5.74) is 0.315. The number of esters is 1. The van der Waals surface area contributed by atoms with Crippen molar-refractivity contribution in [3.8, 4) is 5.75 Å². The SMILES string of the molecule is CC(C)Oc1ccc(C(=O)OCC(=O)N(C)C2CCS(=O)(=O)C2)cc1. The van der Waals surface area contributed by atoms with Gasteiger partial charge in [-0.2, -0.15) is 0 Å². The smallest absolute Gasteiger partial charge is 0.338 e. The van der Waals surface area contributed by atoms with Crippen molar-refractivity contribution < 1.29 is 27.5 Å². The Bertz CT molecular complexity index is 726. The van der Waals surface area contributed by atoms with E-state index in [0.717, 1.165) is 0 Å². The Morgan fingerprint density at radius 3 is 2.40 bits per heavy atom. The van der Waals surface area contributed by atoms with Gasteiger partial charge in [0.05, 0.1) is 23.2 Å². The van der Waals surface area contributed by atoms with Gasteiger partial charge in [-0.25, -0.2) is 13.2 Å². The van der Waals surface area contributed by atoms with E-state index in [-0.39, 0.29) is 23.7 Å². The van der Waals surface area contributed by atoms with Crippen LogP contribution in [0.3, 0.4) is 0 Å². The van der Waals surface area contributed by atoms with Gasteiger partial charge < -0.3 is 14.4 Å². The van der Waals surface area contributed by atoms with Crippen LogP contribution in [0.5, 0.6) is 5.75 Å². The summed E-state index contributed by atoms with van der Waals surface area (Å²) in [6, 6.07) is 6.10. The molecule has 1 amide bonds. The third kappa shape index (κ3) is 5.45. The first kappa shape index (κ1) is 19.2. The van der Waals surface area contributed by atoms with E-state index in [1.807, 2.05) is 13.8 Å². The molecule has 1 aromatic carbocycles. The molecule has 1 fully saturated rings. The molecule has 138 valence electrons. The average Bonchev–Trinajstić information content (AvgIpc) is 2.91. The molecule has 1 aliphatic heterocycles. The van der Waals surface area contributed by atoms with Crippen LogP contribution in [0.1, 0.15) is 30.6 Å². The standard InChI is InChI=1S/C17H23NO6S/c1-12(2)24-15-6-4-13(5-7-15)17(20)23-10-16(19)18(3)14-8-9-25(21,22)11-14/h4-7,12,14H,8-11H2,1-3H3. The molecule has 0 saturated carbocycles. The molecule has 0 aromatic heterocycles. The fourth-order valence-corrected chi connectivity index (χ4v) is 4.31. The van der Waals surface area contributed by atoms with E-state index in [2.05, 4.69) is 0 Å². The Hall–Kier alpha value is -2.09. The number of nitrogens with zero attached hydrogens (tertiary/aromatic N) is 1. The number of likely N-dealkylation sites (N-methyl/N-ethyl adjacent to an activating group) is 1. The Morgan fingerprint density at radius 1 is 1.24 bits per heavy atom. The lowest BCUT2D eigenvalue weighted by molar-refractivity contribution is -0.134. The van der Waals surface area contributed by atoms with E-state index >= 15 is 0 Å². The van der Waals surface area contributed by atoms with E-state index < -0.39 is 28.3 Å². The summed E-state index contributed by atoms with van der Waals surface area (Å²) in [5.74, 6) is -0.350. The van der Waals surface area contributed by atoms with E-state index in [1.165, 1.54) is 11.9 Å². The zero-order chi connectivity index (χ0) is 18.6. The lowest BCUT2D eigenvalue weighted by Gasteiger charge is -2.23. The van der Waals surface area contributed by atoms with Gasteiger partial charge in [0.1, 0.15) is 5.75 Å². The van der Waals surface area contributed by atoms with Crippen molar-refractivity contribution in [1.82, 2.24) is 4.90 Å². The fraction of sp³-hybridized carbons (Fsp3) is 0.529. The highest BCUT2D eigenvalue weighted by Crippen LogP contribution is 2.17. The number of carbonyl (C=O) groups excluding carboxylic acids is 2. The van der Waals surface area contributed by atoms with Gasteiger partial charge in [-0.3, -0.25) is 4.79 Å². The third-order valence-electron chi connectivity index (χ3n) is 3.94. The van der Waals surface area contributed by atoms with Crippen LogP contribution in [0.25, 0.3) is 0 Å². The molecule has 25 heavy (non-hydrogen) atoms. The van der Waals surface area contributed by atoms with Crippen molar-refractivity contribution >= 4 is 21.7 Å². The number of sulfone groups is 1. The summed E-state index contributed by atoms with van der Waals surface area (Å²) in [4.78, 5) is 25.4. The lowest BCUT2D eigenvalue weighted by Crippen LogP contribution is -2.40. The number of rotatable bonds is 6. The maximum Gasteiger partial charge on any atom is 0.338 e. The van der Waals surface area contributed by atoms with E-state index in [1.54, 1.807) is 24.3 Å². The van der Waals surface area contributed by atoms with Crippen molar-refractivity contribution in [2.24, 2.45) is 0 Å². The van der Waals surface area contributed by atoms with Crippen LogP contribution in [0.4, 0.5) is 0 Å². The van der Waals surface area contributed by atoms with Crippen molar-refractivity contribution in [2.45, 2.75) is 32.4 Å². The minimum Gasteiger partial charge on any atom is -0.491 e. The number of amides is 1. The van der Waals surface area contributed by atoms with Crippen LogP contribution in [0, 0.1) is 0 Å². The molecular formula is C17H23NO6S. The molecule has 1 atom stereocenters. The number of hydrogen-bond acceptors (Lipinski definition) is 6. The first-order valence-corrected chi connectivity index (χ1v) is 9.90. The van der Waals surface area contributed by atoms with Crippen molar-refractivity contribution in [1.29, 1.82) is 0 Å². The molecular weight excluding hydrogens is 346 g/mol. The summed E-state index contributed by atoms with van der Waals surface area (Å²) in [7, 11) is -1.55. The predicted molar refractivity (Wildman–Crippen MR) is 92.3 cm³/mol. The zero-order valence-electron chi connectivity index (χ0n) is 14.6. The quantitative estimate of drug-likeness (QED) is 0.702. The van der Waals surface area contributed by atoms with Crippen LogP contribution in [0.2, 0.25) is 0 Å². The average molecular weight is 369 g/mol. The first-order chi connectivity index (χ1) is 11.7. The molecule has 8 heteroatoms. The Kier molecular flexibility index (Phi) is 6.05. The van der Waals surface area contributed by atoms with Gasteiger partial charge >= 0.3 is 5.97 Å². The van der Waals surface area contributed by atoms with E-state index in [4.69, 9.17) is 9.47 Å². The van der Waals surface area contributed by atoms with Crippen LogP contribution >= 0.6 is 0 Å². The number of carbonyl (C=O) groups is 2. The molecule has 1 saturated heterocycles. The van der Waals surface area contributed by atoms with E-state index in [9.17, 15) is 18.0 Å². The number of benzene rings is 1. The molecule has 0 bridgehead atoms. The van der Waals surface area contributed by atoms with Crippen LogP contribution in [-0.4, -0.2) is 62.5 Å². The molecule has 2 rings (SSSR count). The van der Waals surface area contributed by atoms with Gasteiger partial charge in [0, 0.05) is 13.1 Å². The topological polar surface area (TPSA) is 90.0 Å². The Morgan fingerprint density at radius 2 is 1.88 bits per heavy atom. The maximum absolute atomic E-state index is 12.1. The summed E-state index contributed by atoms with van der Waals surface area (Å²) in [6.07, 6.45) is 0.445. The van der Waals surface area contributed by atoms with Crippen molar-refractivity contribution in [3.63, 3.8) is 0 Å². The Labute approximate surface area is 147 Å². The maximum atomic E-state index is 12.1. The molecule has 1 unspecified atom stereocenters. The highest BCUT2D eigenvalue weighted by molar-refractivity contribution is 7.91. The summed E-state index contributed by atoms with van der Waals surface area (Å²) in [6.45, 7) is 3.38. The first-order valence-electron chi connectivity index (χ1n) is 8.08. The lowest BCUT2D eigenvalue weighted by atomic mass is 10.2. The largest absolute Gasteiger partial charge is 0.491 e. The summed E-state index contributed by atoms with van der Waals surface area (Å²) in [5, 5.41) is 0. The second kappa shape index (κ2) is 7.86. The van der Waals surface area contributed by atoms with Gasteiger partial charge in [0.25, 0.3) is 5.91 Å². The second-order valence-electron chi connectivity index (χ2n) is 6.33.